The summed E-state index contributed by atoms with van der Waals surface area (Å²) in [4.78, 5) is 0. The summed E-state index contributed by atoms with van der Waals surface area (Å²) >= 11 is 0. The first-order chi connectivity index (χ1) is 5.30. The summed E-state index contributed by atoms with van der Waals surface area (Å²) in [6, 6.07) is 0.702. The molecule has 2 heteroatoms. The number of hydrazine groups is 1. The van der Waals surface area contributed by atoms with Gasteiger partial charge < -0.3 is 0 Å². The summed E-state index contributed by atoms with van der Waals surface area (Å²) in [5.41, 5.74) is 3.41. The van der Waals surface area contributed by atoms with Gasteiger partial charge in [-0.25, -0.2) is 5.01 Å². The van der Waals surface area contributed by atoms with E-state index in [1.807, 2.05) is 0 Å². The standard InChI is InChI=1S/C9H20N2/c1-9-7-5-3-4-6-8-10-11(9)2/h9-10H,3-8H2,1-2H3. The van der Waals surface area contributed by atoms with E-state index in [0.29, 0.717) is 6.04 Å². The van der Waals surface area contributed by atoms with Gasteiger partial charge in [0.1, 0.15) is 0 Å². The Labute approximate surface area is 69.9 Å². The Morgan fingerprint density at radius 3 is 2.73 bits per heavy atom. The van der Waals surface area contributed by atoms with Crippen LogP contribution in [0.2, 0.25) is 0 Å². The Hall–Kier alpha value is -0.0800. The van der Waals surface area contributed by atoms with Crippen molar-refractivity contribution in [2.45, 2.75) is 45.1 Å². The fourth-order valence-electron chi connectivity index (χ4n) is 1.52. The molecule has 0 aromatic heterocycles. The number of nitrogens with one attached hydrogen (secondary N) is 1. The van der Waals surface area contributed by atoms with Crippen molar-refractivity contribution in [2.75, 3.05) is 13.6 Å². The third-order valence-electron chi connectivity index (χ3n) is 2.57. The zero-order chi connectivity index (χ0) is 8.10. The molecule has 1 atom stereocenters. The quantitative estimate of drug-likeness (QED) is 0.575. The maximum atomic E-state index is 3.41. The third-order valence-corrected chi connectivity index (χ3v) is 2.57. The molecule has 1 N–H and O–H groups in total. The van der Waals surface area contributed by atoms with Crippen LogP contribution in [-0.2, 0) is 0 Å². The first-order valence-electron chi connectivity index (χ1n) is 4.77. The molecule has 11 heavy (non-hydrogen) atoms. The monoisotopic (exact) mass is 156 g/mol. The molecule has 0 amide bonds. The highest BCUT2D eigenvalue weighted by atomic mass is 15.5. The molecular formula is C9H20N2. The topological polar surface area (TPSA) is 15.3 Å². The Balaban J connectivity index is 2.29. The van der Waals surface area contributed by atoms with Gasteiger partial charge in [-0.2, -0.15) is 0 Å². The van der Waals surface area contributed by atoms with E-state index < -0.39 is 0 Å². The van der Waals surface area contributed by atoms with Crippen LogP contribution in [0, 0.1) is 0 Å². The van der Waals surface area contributed by atoms with Crippen molar-refractivity contribution in [3.8, 4) is 0 Å². The zero-order valence-corrected chi connectivity index (χ0v) is 7.77. The summed E-state index contributed by atoms with van der Waals surface area (Å²) in [5.74, 6) is 0. The molecule has 1 saturated heterocycles. The van der Waals surface area contributed by atoms with Crippen molar-refractivity contribution >= 4 is 0 Å². The van der Waals surface area contributed by atoms with E-state index >= 15 is 0 Å². The number of hydrogen-bond donors (Lipinski definition) is 1. The number of nitrogens with zero attached hydrogens (tertiary/aromatic N) is 1. The summed E-state index contributed by atoms with van der Waals surface area (Å²) in [7, 11) is 2.15. The highest BCUT2D eigenvalue weighted by Crippen LogP contribution is 2.10. The highest BCUT2D eigenvalue weighted by Gasteiger charge is 2.09. The molecular weight excluding hydrogens is 136 g/mol. The van der Waals surface area contributed by atoms with E-state index in [1.54, 1.807) is 0 Å². The van der Waals surface area contributed by atoms with Crippen LogP contribution < -0.4 is 5.43 Å². The molecule has 1 heterocycles. The van der Waals surface area contributed by atoms with Crippen molar-refractivity contribution < 1.29 is 0 Å². The lowest BCUT2D eigenvalue weighted by molar-refractivity contribution is 0.170. The fourth-order valence-corrected chi connectivity index (χ4v) is 1.52. The molecule has 0 spiro atoms. The minimum absolute atomic E-state index is 0.702. The average molecular weight is 156 g/mol. The Bertz CT molecular complexity index is 91.7. The second-order valence-corrected chi connectivity index (χ2v) is 3.57. The number of rotatable bonds is 0. The molecule has 1 aliphatic heterocycles. The van der Waals surface area contributed by atoms with Gasteiger partial charge in [-0.15, -0.1) is 0 Å². The molecule has 2 nitrogen and oxygen atoms in total. The van der Waals surface area contributed by atoms with Crippen LogP contribution in [0.15, 0.2) is 0 Å². The summed E-state index contributed by atoms with van der Waals surface area (Å²) in [6.45, 7) is 3.44. The maximum absolute atomic E-state index is 3.41. The van der Waals surface area contributed by atoms with E-state index in [0.717, 1.165) is 6.54 Å². The average Bonchev–Trinajstić information content (AvgIpc) is 2.07. The van der Waals surface area contributed by atoms with Gasteiger partial charge in [0.2, 0.25) is 0 Å². The molecule has 1 rings (SSSR count). The lowest BCUT2D eigenvalue weighted by Gasteiger charge is -2.24. The van der Waals surface area contributed by atoms with Crippen LogP contribution >= 0.6 is 0 Å². The van der Waals surface area contributed by atoms with E-state index in [1.165, 1.54) is 32.1 Å². The molecule has 66 valence electrons. The largest absolute Gasteiger partial charge is 0.255 e. The molecule has 1 aliphatic rings. The minimum Gasteiger partial charge on any atom is -0.255 e. The van der Waals surface area contributed by atoms with Crippen molar-refractivity contribution in [3.63, 3.8) is 0 Å². The first-order valence-corrected chi connectivity index (χ1v) is 4.77. The van der Waals surface area contributed by atoms with Gasteiger partial charge >= 0.3 is 0 Å². The van der Waals surface area contributed by atoms with E-state index in [-0.39, 0.29) is 0 Å². The molecule has 0 radical (unpaired) electrons. The van der Waals surface area contributed by atoms with Crippen LogP contribution in [0.1, 0.15) is 39.0 Å². The highest BCUT2D eigenvalue weighted by molar-refractivity contribution is 4.62. The van der Waals surface area contributed by atoms with Crippen LogP contribution in [0.5, 0.6) is 0 Å². The smallest absolute Gasteiger partial charge is 0.0212 e. The zero-order valence-electron chi connectivity index (χ0n) is 7.77. The van der Waals surface area contributed by atoms with Gasteiger partial charge in [-0.05, 0) is 19.8 Å². The molecule has 1 fully saturated rings. The van der Waals surface area contributed by atoms with Gasteiger partial charge in [-0.3, -0.25) is 5.43 Å². The first kappa shape index (κ1) is 9.01. The lowest BCUT2D eigenvalue weighted by Crippen LogP contribution is -2.41. The third kappa shape index (κ3) is 3.21. The molecule has 0 aromatic carbocycles. The Morgan fingerprint density at radius 1 is 1.18 bits per heavy atom. The fraction of sp³-hybridized carbons (Fsp3) is 1.00. The normalized spacial score (nSPS) is 30.5. The minimum atomic E-state index is 0.702. The molecule has 0 aromatic rings. The van der Waals surface area contributed by atoms with Gasteiger partial charge in [0.05, 0.1) is 0 Å². The van der Waals surface area contributed by atoms with Crippen molar-refractivity contribution in [1.29, 1.82) is 0 Å². The van der Waals surface area contributed by atoms with Crippen LogP contribution in [0.4, 0.5) is 0 Å². The van der Waals surface area contributed by atoms with E-state index in [9.17, 15) is 0 Å². The second kappa shape index (κ2) is 4.73. The van der Waals surface area contributed by atoms with Crippen molar-refractivity contribution in [1.82, 2.24) is 10.4 Å². The summed E-state index contributed by atoms with van der Waals surface area (Å²) in [5, 5.41) is 2.26. The van der Waals surface area contributed by atoms with Crippen LogP contribution in [0.25, 0.3) is 0 Å². The maximum Gasteiger partial charge on any atom is 0.0212 e. The Morgan fingerprint density at radius 2 is 1.91 bits per heavy atom. The van der Waals surface area contributed by atoms with Crippen LogP contribution in [-0.4, -0.2) is 24.6 Å². The molecule has 0 bridgehead atoms. The molecule has 1 unspecified atom stereocenters. The predicted octanol–water partition coefficient (Wildman–Crippen LogP) is 1.78. The SMILES string of the molecule is CC1CCCCCCNN1C. The van der Waals surface area contributed by atoms with Crippen LogP contribution in [0.3, 0.4) is 0 Å². The Kier molecular flexibility index (Phi) is 3.87. The molecule has 0 saturated carbocycles. The summed E-state index contributed by atoms with van der Waals surface area (Å²) < 4.78 is 0. The summed E-state index contributed by atoms with van der Waals surface area (Å²) in [6.07, 6.45) is 6.88. The van der Waals surface area contributed by atoms with Crippen molar-refractivity contribution in [2.24, 2.45) is 0 Å². The molecule has 0 aliphatic carbocycles. The second-order valence-electron chi connectivity index (χ2n) is 3.57. The van der Waals surface area contributed by atoms with Gasteiger partial charge in [-0.1, -0.05) is 19.3 Å². The van der Waals surface area contributed by atoms with E-state index in [4.69, 9.17) is 0 Å². The van der Waals surface area contributed by atoms with Gasteiger partial charge in [0, 0.05) is 19.6 Å². The van der Waals surface area contributed by atoms with Crippen molar-refractivity contribution in [3.05, 3.63) is 0 Å². The lowest BCUT2D eigenvalue weighted by atomic mass is 10.1. The number of hydrogen-bond acceptors (Lipinski definition) is 2. The van der Waals surface area contributed by atoms with Gasteiger partial charge in [0.15, 0.2) is 0 Å². The van der Waals surface area contributed by atoms with E-state index in [2.05, 4.69) is 24.4 Å². The van der Waals surface area contributed by atoms with Gasteiger partial charge in [0.25, 0.3) is 0 Å². The predicted molar refractivity (Wildman–Crippen MR) is 48.3 cm³/mol.